The summed E-state index contributed by atoms with van der Waals surface area (Å²) < 4.78 is 44.5. The lowest BCUT2D eigenvalue weighted by molar-refractivity contribution is -0.185. The van der Waals surface area contributed by atoms with Crippen LogP contribution in [0.4, 0.5) is 13.2 Å². The van der Waals surface area contributed by atoms with Crippen molar-refractivity contribution in [3.63, 3.8) is 0 Å². The fraction of sp³-hybridized carbons (Fsp3) is 0.360. The van der Waals surface area contributed by atoms with Crippen LogP contribution < -0.4 is 4.74 Å². The normalized spacial score (nSPS) is 16.4. The van der Waals surface area contributed by atoms with Gasteiger partial charge in [-0.05, 0) is 61.3 Å². The molecule has 0 aliphatic carbocycles. The molecule has 5 nitrogen and oxygen atoms in total. The van der Waals surface area contributed by atoms with Gasteiger partial charge in [-0.1, -0.05) is 29.8 Å². The zero-order valence-electron chi connectivity index (χ0n) is 18.4. The van der Waals surface area contributed by atoms with Gasteiger partial charge in [0.15, 0.2) is 0 Å². The van der Waals surface area contributed by atoms with Gasteiger partial charge < -0.3 is 9.84 Å². The average Bonchev–Trinajstić information content (AvgIpc) is 2.84. The van der Waals surface area contributed by atoms with Gasteiger partial charge in [0.25, 0.3) is 0 Å². The third kappa shape index (κ3) is 4.97. The molecule has 1 N–H and O–H groups in total. The Balaban J connectivity index is 1.62. The maximum absolute atomic E-state index is 13.0. The van der Waals surface area contributed by atoms with E-state index in [0.29, 0.717) is 63.7 Å². The number of methoxy groups -OCH3 is 1. The Labute approximate surface area is 200 Å². The van der Waals surface area contributed by atoms with Gasteiger partial charge in [0.05, 0.1) is 35.2 Å². The number of rotatable bonds is 5. The second-order valence-corrected chi connectivity index (χ2v) is 8.80. The van der Waals surface area contributed by atoms with Crippen molar-refractivity contribution in [2.24, 2.45) is 5.92 Å². The van der Waals surface area contributed by atoms with Crippen molar-refractivity contribution in [2.45, 2.75) is 31.7 Å². The minimum Gasteiger partial charge on any atom is -0.481 e. The van der Waals surface area contributed by atoms with Crippen LogP contribution in [0.3, 0.4) is 0 Å². The van der Waals surface area contributed by atoms with Crippen LogP contribution in [0.1, 0.15) is 41.2 Å². The summed E-state index contributed by atoms with van der Waals surface area (Å²) in [5.74, 6) is -0.946. The molecular weight excluding hydrogens is 467 g/mol. The Morgan fingerprint density at radius 2 is 1.82 bits per heavy atom. The van der Waals surface area contributed by atoms with Crippen molar-refractivity contribution in [1.29, 1.82) is 5.26 Å². The number of alkyl halides is 3. The van der Waals surface area contributed by atoms with Crippen molar-refractivity contribution in [3.8, 4) is 11.9 Å². The Hall–Kier alpha value is -2.86. The number of pyridine rings is 1. The van der Waals surface area contributed by atoms with E-state index in [1.54, 1.807) is 42.5 Å². The van der Waals surface area contributed by atoms with E-state index in [-0.39, 0.29) is 12.8 Å². The zero-order valence-corrected chi connectivity index (χ0v) is 19.2. The first kappa shape index (κ1) is 24.3. The highest BCUT2D eigenvalue weighted by atomic mass is 35.5. The number of aliphatic hydroxyl groups is 1. The number of halogens is 4. The molecule has 1 aliphatic rings. The van der Waals surface area contributed by atoms with Crippen LogP contribution in [-0.2, 0) is 6.54 Å². The number of benzene rings is 2. The minimum atomic E-state index is -4.17. The number of aliphatic hydroxyl groups excluding tert-OH is 1. The molecule has 4 rings (SSSR count). The molecule has 2 heterocycles. The summed E-state index contributed by atoms with van der Waals surface area (Å²) in [5, 5.41) is 20.8. The summed E-state index contributed by atoms with van der Waals surface area (Å²) in [7, 11) is 1.48. The fourth-order valence-electron chi connectivity index (χ4n) is 4.31. The van der Waals surface area contributed by atoms with E-state index < -0.39 is 18.2 Å². The SMILES string of the molecule is COc1nc2ccc(C(O)c3ccc(C#N)cc3)cc2c(Cl)c1CN1CCC(C(F)(F)F)CC1. The Kier molecular flexibility index (Phi) is 6.99. The number of hydrogen-bond donors (Lipinski definition) is 1. The standard InChI is InChI=1S/C25H23ClF3N3O2/c1-34-24-20(14-32-10-8-18(9-11-32)25(27,28)29)22(26)19-12-17(6-7-21(19)31-24)23(33)16-4-2-15(13-30)3-5-16/h2-7,12,18,23,33H,8-11,14H2,1H3. The number of ether oxygens (including phenoxy) is 1. The highest BCUT2D eigenvalue weighted by Crippen LogP contribution is 2.38. The molecule has 9 heteroatoms. The largest absolute Gasteiger partial charge is 0.481 e. The first-order chi connectivity index (χ1) is 16.2. The molecule has 0 bridgehead atoms. The lowest BCUT2D eigenvalue weighted by Crippen LogP contribution is -2.38. The highest BCUT2D eigenvalue weighted by Gasteiger charge is 2.41. The molecule has 178 valence electrons. The number of piperidine rings is 1. The van der Waals surface area contributed by atoms with Crippen LogP contribution in [0.25, 0.3) is 10.9 Å². The lowest BCUT2D eigenvalue weighted by atomic mass is 9.95. The number of aromatic nitrogens is 1. The topological polar surface area (TPSA) is 69.4 Å². The first-order valence-electron chi connectivity index (χ1n) is 10.8. The molecule has 1 saturated heterocycles. The van der Waals surface area contributed by atoms with Gasteiger partial charge in [-0.3, -0.25) is 4.90 Å². The summed E-state index contributed by atoms with van der Waals surface area (Å²) in [6.07, 6.45) is -5.00. The number of nitrogens with zero attached hydrogens (tertiary/aromatic N) is 3. The molecule has 2 aromatic carbocycles. The van der Waals surface area contributed by atoms with E-state index in [4.69, 9.17) is 21.6 Å². The number of hydrogen-bond acceptors (Lipinski definition) is 5. The van der Waals surface area contributed by atoms with E-state index in [0.717, 1.165) is 0 Å². The molecule has 0 radical (unpaired) electrons. The minimum absolute atomic E-state index is 0.0470. The van der Waals surface area contributed by atoms with Gasteiger partial charge in [0.1, 0.15) is 6.10 Å². The van der Waals surface area contributed by atoms with Crippen LogP contribution in [0, 0.1) is 17.2 Å². The van der Waals surface area contributed by atoms with Gasteiger partial charge in [-0.15, -0.1) is 0 Å². The lowest BCUT2D eigenvalue weighted by Gasteiger charge is -2.33. The molecule has 34 heavy (non-hydrogen) atoms. The summed E-state index contributed by atoms with van der Waals surface area (Å²) in [5.41, 5.74) is 2.91. The van der Waals surface area contributed by atoms with E-state index in [1.807, 2.05) is 11.0 Å². The van der Waals surface area contributed by atoms with Crippen LogP contribution in [-0.4, -0.2) is 41.4 Å². The highest BCUT2D eigenvalue weighted by molar-refractivity contribution is 6.36. The van der Waals surface area contributed by atoms with E-state index in [9.17, 15) is 18.3 Å². The third-order valence-corrected chi connectivity index (χ3v) is 6.73. The molecule has 0 amide bonds. The van der Waals surface area contributed by atoms with E-state index in [1.165, 1.54) is 7.11 Å². The molecular formula is C25H23ClF3N3O2. The van der Waals surface area contributed by atoms with Crippen molar-refractivity contribution in [1.82, 2.24) is 9.88 Å². The second-order valence-electron chi connectivity index (χ2n) is 8.42. The quantitative estimate of drug-likeness (QED) is 0.503. The van der Waals surface area contributed by atoms with Crippen molar-refractivity contribution in [2.75, 3.05) is 20.2 Å². The maximum atomic E-state index is 13.0. The maximum Gasteiger partial charge on any atom is 0.391 e. The average molecular weight is 490 g/mol. The molecule has 1 aliphatic heterocycles. The van der Waals surface area contributed by atoms with Crippen molar-refractivity contribution >= 4 is 22.5 Å². The Morgan fingerprint density at radius 3 is 2.41 bits per heavy atom. The van der Waals surface area contributed by atoms with Crippen LogP contribution in [0.5, 0.6) is 5.88 Å². The van der Waals surface area contributed by atoms with Crippen molar-refractivity contribution < 1.29 is 23.0 Å². The Morgan fingerprint density at radius 1 is 1.18 bits per heavy atom. The molecule has 0 spiro atoms. The number of likely N-dealkylation sites (tertiary alicyclic amines) is 1. The van der Waals surface area contributed by atoms with Crippen LogP contribution >= 0.6 is 11.6 Å². The van der Waals surface area contributed by atoms with Gasteiger partial charge in [-0.25, -0.2) is 4.98 Å². The smallest absolute Gasteiger partial charge is 0.391 e. The van der Waals surface area contributed by atoms with Crippen LogP contribution in [0.15, 0.2) is 42.5 Å². The van der Waals surface area contributed by atoms with Gasteiger partial charge >= 0.3 is 6.18 Å². The predicted octanol–water partition coefficient (Wildman–Crippen LogP) is 5.62. The molecule has 1 atom stereocenters. The first-order valence-corrected chi connectivity index (χ1v) is 11.2. The molecule has 0 saturated carbocycles. The molecule has 1 unspecified atom stereocenters. The van der Waals surface area contributed by atoms with Crippen molar-refractivity contribution in [3.05, 3.63) is 69.7 Å². The van der Waals surface area contributed by atoms with E-state index in [2.05, 4.69) is 4.98 Å². The number of nitriles is 1. The molecule has 1 fully saturated rings. The van der Waals surface area contributed by atoms with E-state index >= 15 is 0 Å². The molecule has 1 aromatic heterocycles. The zero-order chi connectivity index (χ0) is 24.5. The summed E-state index contributed by atoms with van der Waals surface area (Å²) in [6, 6.07) is 13.9. The summed E-state index contributed by atoms with van der Waals surface area (Å²) >= 11 is 6.76. The Bertz CT molecular complexity index is 1220. The number of fused-ring (bicyclic) bond motifs is 1. The van der Waals surface area contributed by atoms with Gasteiger partial charge in [0.2, 0.25) is 5.88 Å². The third-order valence-electron chi connectivity index (χ3n) is 6.30. The van der Waals surface area contributed by atoms with Gasteiger partial charge in [-0.2, -0.15) is 18.4 Å². The second kappa shape index (κ2) is 9.79. The van der Waals surface area contributed by atoms with Crippen LogP contribution in [0.2, 0.25) is 5.02 Å². The van der Waals surface area contributed by atoms with Gasteiger partial charge in [0, 0.05) is 17.5 Å². The molecule has 3 aromatic rings. The fourth-order valence-corrected chi connectivity index (χ4v) is 4.60. The summed E-state index contributed by atoms with van der Waals surface area (Å²) in [4.78, 5) is 6.46. The summed E-state index contributed by atoms with van der Waals surface area (Å²) in [6.45, 7) is 0.927. The predicted molar refractivity (Wildman–Crippen MR) is 123 cm³/mol. The monoisotopic (exact) mass is 489 g/mol.